The number of rotatable bonds is 5. The summed E-state index contributed by atoms with van der Waals surface area (Å²) in [6.45, 7) is 0. The normalized spacial score (nSPS) is 16.3. The summed E-state index contributed by atoms with van der Waals surface area (Å²) in [5.41, 5.74) is 0.863. The summed E-state index contributed by atoms with van der Waals surface area (Å²) in [6, 6.07) is 9.08. The molecule has 2 nitrogen and oxygen atoms in total. The van der Waals surface area contributed by atoms with E-state index in [9.17, 15) is 24.5 Å². The van der Waals surface area contributed by atoms with Crippen LogP contribution in [-0.4, -0.2) is 12.2 Å². The first-order chi connectivity index (χ1) is 10.4. The van der Waals surface area contributed by atoms with Gasteiger partial charge in [-0.1, -0.05) is 43.7 Å². The van der Waals surface area contributed by atoms with Crippen LogP contribution in [0.3, 0.4) is 0 Å². The Morgan fingerprint density at radius 3 is 1.87 bits per heavy atom. The molecule has 1 atom stereocenters. The van der Waals surface area contributed by atoms with Crippen molar-refractivity contribution in [2.45, 2.75) is 17.4 Å². The molecule has 0 aromatic heterocycles. The number of aliphatic hydroxyl groups excluding tert-OH is 1. The summed E-state index contributed by atoms with van der Waals surface area (Å²) in [6.07, 6.45) is -0.959. The fourth-order valence-corrected chi connectivity index (χ4v) is 2.70. The third-order valence-electron chi connectivity index (χ3n) is 3.30. The molecule has 0 radical (unpaired) electrons. The van der Waals surface area contributed by atoms with Gasteiger partial charge in [0.2, 0.25) is 0 Å². The van der Waals surface area contributed by atoms with Gasteiger partial charge in [-0.25, -0.2) is 0 Å². The fourth-order valence-electron chi connectivity index (χ4n) is 2.05. The molecule has 2 aromatic carbocycles. The van der Waals surface area contributed by atoms with E-state index in [1.165, 1.54) is 7.11 Å². The van der Waals surface area contributed by atoms with Gasteiger partial charge in [0.25, 0.3) is 0 Å². The monoisotopic (exact) mass is 354 g/mol. The quantitative estimate of drug-likeness (QED) is 0.705. The number of benzene rings is 2. The summed E-state index contributed by atoms with van der Waals surface area (Å²) < 4.78 is 68.1. The second-order valence-corrected chi connectivity index (χ2v) is 7.52. The van der Waals surface area contributed by atoms with Crippen molar-refractivity contribution in [1.29, 1.82) is 0 Å². The van der Waals surface area contributed by atoms with Gasteiger partial charge in [-0.2, -0.15) is 0 Å². The average molecular weight is 354 g/mol. The maximum Gasteiger partial charge on any atom is 0.310 e. The van der Waals surface area contributed by atoms with E-state index in [0.29, 0.717) is 29.0 Å². The third kappa shape index (κ3) is 4.59. The Kier molecular flexibility index (Phi) is 3.89. The largest absolute Gasteiger partial charge is 0.497 e. The summed E-state index contributed by atoms with van der Waals surface area (Å²) in [5.74, 6) is 0.598. The van der Waals surface area contributed by atoms with Gasteiger partial charge in [-0.15, -0.1) is 0 Å². The topological polar surface area (TPSA) is 29.5 Å². The molecule has 0 amide bonds. The first-order valence-corrected chi connectivity index (χ1v) is 8.49. The van der Waals surface area contributed by atoms with Gasteiger partial charge in [0, 0.05) is 6.42 Å². The Morgan fingerprint density at radius 2 is 1.43 bits per heavy atom. The Hall–Kier alpha value is -1.80. The van der Waals surface area contributed by atoms with Crippen LogP contribution in [0.4, 0.5) is 19.4 Å². The smallest absolute Gasteiger partial charge is 0.310 e. The van der Waals surface area contributed by atoms with Crippen LogP contribution >= 0.6 is 10.2 Å². The molecule has 0 fully saturated rings. The van der Waals surface area contributed by atoms with Crippen molar-refractivity contribution in [2.24, 2.45) is 0 Å². The zero-order valence-corrected chi connectivity index (χ0v) is 12.9. The number of halogens is 5. The molecule has 0 saturated carbocycles. The van der Waals surface area contributed by atoms with Crippen LogP contribution in [0.15, 0.2) is 53.4 Å². The van der Waals surface area contributed by atoms with E-state index in [1.54, 1.807) is 24.3 Å². The lowest BCUT2D eigenvalue weighted by molar-refractivity contribution is 0.178. The molecule has 128 valence electrons. The minimum atomic E-state index is -9.65. The van der Waals surface area contributed by atoms with Crippen molar-refractivity contribution in [3.05, 3.63) is 59.7 Å². The van der Waals surface area contributed by atoms with Gasteiger partial charge in [0.1, 0.15) is 10.6 Å². The van der Waals surface area contributed by atoms with E-state index in [2.05, 4.69) is 0 Å². The van der Waals surface area contributed by atoms with Gasteiger partial charge in [0.05, 0.1) is 13.2 Å². The molecule has 0 aliphatic carbocycles. The highest BCUT2D eigenvalue weighted by molar-refractivity contribution is 8.45. The van der Waals surface area contributed by atoms with Crippen molar-refractivity contribution < 1.29 is 29.3 Å². The second kappa shape index (κ2) is 5.10. The molecule has 8 heteroatoms. The van der Waals surface area contributed by atoms with E-state index in [-0.39, 0.29) is 6.42 Å². The van der Waals surface area contributed by atoms with Crippen LogP contribution in [0.25, 0.3) is 0 Å². The van der Waals surface area contributed by atoms with Crippen molar-refractivity contribution in [2.75, 3.05) is 7.11 Å². The molecular weight excluding hydrogens is 339 g/mol. The van der Waals surface area contributed by atoms with Crippen LogP contribution in [-0.2, 0) is 6.42 Å². The second-order valence-electron chi connectivity index (χ2n) is 5.11. The first-order valence-electron chi connectivity index (χ1n) is 6.54. The Balaban J connectivity index is 2.14. The minimum Gasteiger partial charge on any atom is -0.497 e. The zero-order valence-electron chi connectivity index (χ0n) is 12.1. The van der Waals surface area contributed by atoms with E-state index in [4.69, 9.17) is 4.74 Å². The van der Waals surface area contributed by atoms with E-state index < -0.39 is 21.2 Å². The van der Waals surface area contributed by atoms with Crippen molar-refractivity contribution >= 4 is 10.2 Å². The lowest BCUT2D eigenvalue weighted by atomic mass is 10.0. The predicted octanol–water partition coefficient (Wildman–Crippen LogP) is 5.63. The van der Waals surface area contributed by atoms with Gasteiger partial charge in [0.15, 0.2) is 0 Å². The van der Waals surface area contributed by atoms with Crippen molar-refractivity contribution in [3.8, 4) is 5.75 Å². The van der Waals surface area contributed by atoms with Gasteiger partial charge in [-0.05, 0) is 35.4 Å². The Bertz CT molecular complexity index is 681. The van der Waals surface area contributed by atoms with Gasteiger partial charge >= 0.3 is 10.2 Å². The lowest BCUT2D eigenvalue weighted by Crippen LogP contribution is -2.06. The van der Waals surface area contributed by atoms with Gasteiger partial charge in [-0.3, -0.25) is 0 Å². The van der Waals surface area contributed by atoms with Crippen LogP contribution in [0.2, 0.25) is 0 Å². The number of hydrogen-bond acceptors (Lipinski definition) is 2. The highest BCUT2D eigenvalue weighted by Crippen LogP contribution is 3.02. The highest BCUT2D eigenvalue weighted by atomic mass is 32.5. The summed E-state index contributed by atoms with van der Waals surface area (Å²) in [5, 5.41) is 10.1. The average Bonchev–Trinajstić information content (AvgIpc) is 2.45. The molecule has 0 aliphatic rings. The van der Waals surface area contributed by atoms with Crippen LogP contribution in [0.1, 0.15) is 17.2 Å². The number of ether oxygens (including phenoxy) is 1. The van der Waals surface area contributed by atoms with Crippen LogP contribution < -0.4 is 4.74 Å². The van der Waals surface area contributed by atoms with E-state index in [0.717, 1.165) is 12.1 Å². The molecule has 0 heterocycles. The van der Waals surface area contributed by atoms with E-state index >= 15 is 0 Å². The molecule has 2 aromatic rings. The lowest BCUT2D eigenvalue weighted by Gasteiger charge is -2.40. The number of methoxy groups -OCH3 is 1. The van der Waals surface area contributed by atoms with E-state index in [1.807, 2.05) is 0 Å². The van der Waals surface area contributed by atoms with Crippen LogP contribution in [0, 0.1) is 0 Å². The standard InChI is InChI=1S/C15H15F5O2S/c1-22-13-6-4-12(5-7-13)15(21)10-11-2-8-14(9-3-11)23(16,17,18,19)20/h2-9,15,21H,10H2,1H3. The molecule has 0 saturated heterocycles. The zero-order chi connectivity index (χ0) is 17.4. The molecule has 2 rings (SSSR count). The molecule has 0 bridgehead atoms. The first kappa shape index (κ1) is 17.6. The Morgan fingerprint density at radius 1 is 0.913 bits per heavy atom. The molecule has 23 heavy (non-hydrogen) atoms. The minimum absolute atomic E-state index is 0.00687. The summed E-state index contributed by atoms with van der Waals surface area (Å²) >= 11 is 0. The number of aliphatic hydroxyl groups is 1. The molecular formula is C15H15F5O2S. The molecule has 1 unspecified atom stereocenters. The SMILES string of the molecule is COc1ccc(C(O)Cc2ccc(S(F)(F)(F)(F)F)cc2)cc1. The van der Waals surface area contributed by atoms with Crippen molar-refractivity contribution in [1.82, 2.24) is 0 Å². The molecule has 0 spiro atoms. The maximum absolute atomic E-state index is 12.6. The van der Waals surface area contributed by atoms with Crippen LogP contribution in [0.5, 0.6) is 5.75 Å². The predicted molar refractivity (Wildman–Crippen MR) is 79.5 cm³/mol. The molecule has 1 N–H and O–H groups in total. The van der Waals surface area contributed by atoms with Crippen molar-refractivity contribution in [3.63, 3.8) is 0 Å². The highest BCUT2D eigenvalue weighted by Gasteiger charge is 2.65. The summed E-state index contributed by atoms with van der Waals surface area (Å²) in [4.78, 5) is -1.94. The maximum atomic E-state index is 12.6. The fraction of sp³-hybridized carbons (Fsp3) is 0.200. The Labute approximate surface area is 130 Å². The summed E-state index contributed by atoms with van der Waals surface area (Å²) in [7, 11) is -8.16. The van der Waals surface area contributed by atoms with Gasteiger partial charge < -0.3 is 9.84 Å². The number of hydrogen-bond donors (Lipinski definition) is 1. The molecule has 0 aliphatic heterocycles. The third-order valence-corrected chi connectivity index (χ3v) is 4.46.